The highest BCUT2D eigenvalue weighted by Gasteiger charge is 2.05. The molecular formula is C11H14BrClFNO. The van der Waals surface area contributed by atoms with Crippen LogP contribution in [0.4, 0.5) is 4.39 Å². The number of nitrogens with one attached hydrogen (secondary N) is 1. The molecule has 90 valence electrons. The van der Waals surface area contributed by atoms with Crippen molar-refractivity contribution >= 4 is 27.5 Å². The first-order valence-electron chi connectivity index (χ1n) is 4.91. The molecule has 1 unspecified atom stereocenters. The molecule has 0 saturated heterocycles. The number of rotatable bonds is 6. The van der Waals surface area contributed by atoms with Gasteiger partial charge in [0.25, 0.3) is 0 Å². The van der Waals surface area contributed by atoms with Crippen molar-refractivity contribution in [1.82, 2.24) is 5.32 Å². The van der Waals surface area contributed by atoms with Gasteiger partial charge in [-0.05, 0) is 18.2 Å². The van der Waals surface area contributed by atoms with Crippen molar-refractivity contribution < 1.29 is 9.13 Å². The van der Waals surface area contributed by atoms with Crippen LogP contribution in [0, 0.1) is 5.82 Å². The SMILES string of the molecule is COCC(Cl)CNCc1cc(Br)ccc1F. The summed E-state index contributed by atoms with van der Waals surface area (Å²) in [5.74, 6) is -0.214. The summed E-state index contributed by atoms with van der Waals surface area (Å²) in [6.45, 7) is 1.52. The zero-order valence-electron chi connectivity index (χ0n) is 8.97. The van der Waals surface area contributed by atoms with Crippen molar-refractivity contribution in [1.29, 1.82) is 0 Å². The lowest BCUT2D eigenvalue weighted by Crippen LogP contribution is -2.26. The van der Waals surface area contributed by atoms with Crippen LogP contribution in [0.3, 0.4) is 0 Å². The highest BCUT2D eigenvalue weighted by molar-refractivity contribution is 9.10. The van der Waals surface area contributed by atoms with E-state index in [1.54, 1.807) is 19.2 Å². The highest BCUT2D eigenvalue weighted by Crippen LogP contribution is 2.15. The predicted molar refractivity (Wildman–Crippen MR) is 67.3 cm³/mol. The summed E-state index contributed by atoms with van der Waals surface area (Å²) in [7, 11) is 1.60. The van der Waals surface area contributed by atoms with E-state index in [2.05, 4.69) is 21.2 Å². The Labute approximate surface area is 108 Å². The van der Waals surface area contributed by atoms with Crippen LogP contribution in [0.25, 0.3) is 0 Å². The Morgan fingerprint density at radius 3 is 3.00 bits per heavy atom. The molecule has 1 rings (SSSR count). The van der Waals surface area contributed by atoms with Crippen molar-refractivity contribution in [3.05, 3.63) is 34.1 Å². The first-order valence-corrected chi connectivity index (χ1v) is 6.14. The lowest BCUT2D eigenvalue weighted by molar-refractivity contribution is 0.197. The van der Waals surface area contributed by atoms with E-state index in [1.165, 1.54) is 6.07 Å². The minimum Gasteiger partial charge on any atom is -0.383 e. The molecule has 1 atom stereocenters. The van der Waals surface area contributed by atoms with Crippen molar-refractivity contribution in [3.63, 3.8) is 0 Å². The largest absolute Gasteiger partial charge is 0.383 e. The van der Waals surface area contributed by atoms with Crippen LogP contribution in [0.15, 0.2) is 22.7 Å². The lowest BCUT2D eigenvalue weighted by Gasteiger charge is -2.10. The molecule has 1 N–H and O–H groups in total. The molecule has 0 amide bonds. The quantitative estimate of drug-likeness (QED) is 0.816. The molecule has 1 aromatic carbocycles. The van der Waals surface area contributed by atoms with E-state index in [1.807, 2.05) is 0 Å². The van der Waals surface area contributed by atoms with Gasteiger partial charge in [0.2, 0.25) is 0 Å². The van der Waals surface area contributed by atoms with E-state index < -0.39 is 0 Å². The zero-order chi connectivity index (χ0) is 12.0. The third-order valence-corrected chi connectivity index (χ3v) is 2.81. The number of hydrogen-bond donors (Lipinski definition) is 1. The second-order valence-electron chi connectivity index (χ2n) is 3.42. The maximum atomic E-state index is 13.3. The summed E-state index contributed by atoms with van der Waals surface area (Å²) in [5, 5.41) is 2.98. The summed E-state index contributed by atoms with van der Waals surface area (Å²) in [4.78, 5) is 0. The van der Waals surface area contributed by atoms with Gasteiger partial charge in [-0.15, -0.1) is 11.6 Å². The number of halogens is 3. The molecule has 0 saturated carbocycles. The monoisotopic (exact) mass is 309 g/mol. The van der Waals surface area contributed by atoms with Gasteiger partial charge < -0.3 is 10.1 Å². The summed E-state index contributed by atoms with van der Waals surface area (Å²) in [6.07, 6.45) is 0. The van der Waals surface area contributed by atoms with E-state index in [9.17, 15) is 4.39 Å². The van der Waals surface area contributed by atoms with Gasteiger partial charge in [0.1, 0.15) is 5.82 Å². The van der Waals surface area contributed by atoms with E-state index >= 15 is 0 Å². The van der Waals surface area contributed by atoms with Crippen LogP contribution in [0.5, 0.6) is 0 Å². The van der Waals surface area contributed by atoms with Gasteiger partial charge in [0.05, 0.1) is 12.0 Å². The maximum absolute atomic E-state index is 13.3. The van der Waals surface area contributed by atoms with Crippen LogP contribution in [0.2, 0.25) is 0 Å². The maximum Gasteiger partial charge on any atom is 0.127 e. The van der Waals surface area contributed by atoms with Crippen LogP contribution in [-0.4, -0.2) is 25.6 Å². The number of benzene rings is 1. The lowest BCUT2D eigenvalue weighted by atomic mass is 10.2. The molecular weight excluding hydrogens is 296 g/mol. The Morgan fingerprint density at radius 2 is 2.31 bits per heavy atom. The molecule has 0 aromatic heterocycles. The first kappa shape index (κ1) is 13.9. The molecule has 2 nitrogen and oxygen atoms in total. The summed E-state index contributed by atoms with van der Waals surface area (Å²) in [5.41, 5.74) is 0.621. The van der Waals surface area contributed by atoms with E-state index in [0.717, 1.165) is 4.47 Å². The van der Waals surface area contributed by atoms with Gasteiger partial charge in [-0.2, -0.15) is 0 Å². The molecule has 0 heterocycles. The van der Waals surface area contributed by atoms with Gasteiger partial charge in [0.15, 0.2) is 0 Å². The van der Waals surface area contributed by atoms with Gasteiger partial charge in [0, 0.05) is 30.2 Å². The van der Waals surface area contributed by atoms with Gasteiger partial charge in [-0.3, -0.25) is 0 Å². The fourth-order valence-electron chi connectivity index (χ4n) is 1.28. The van der Waals surface area contributed by atoms with Crippen LogP contribution >= 0.6 is 27.5 Å². The van der Waals surface area contributed by atoms with Gasteiger partial charge in [-0.1, -0.05) is 15.9 Å². The summed E-state index contributed by atoms with van der Waals surface area (Å²) in [6, 6.07) is 4.87. The Bertz CT molecular complexity index is 338. The van der Waals surface area contributed by atoms with Crippen molar-refractivity contribution in [2.24, 2.45) is 0 Å². The van der Waals surface area contributed by atoms with Crippen molar-refractivity contribution in [3.8, 4) is 0 Å². The third kappa shape index (κ3) is 4.78. The molecule has 0 bridgehead atoms. The summed E-state index contributed by atoms with van der Waals surface area (Å²) >= 11 is 9.23. The van der Waals surface area contributed by atoms with Crippen molar-refractivity contribution in [2.75, 3.05) is 20.3 Å². The van der Waals surface area contributed by atoms with Gasteiger partial charge >= 0.3 is 0 Å². The predicted octanol–water partition coefficient (Wildman–Crippen LogP) is 2.93. The normalized spacial score (nSPS) is 12.8. The van der Waals surface area contributed by atoms with Crippen molar-refractivity contribution in [2.45, 2.75) is 11.9 Å². The van der Waals surface area contributed by atoms with E-state index in [-0.39, 0.29) is 11.2 Å². The Morgan fingerprint density at radius 1 is 1.56 bits per heavy atom. The van der Waals surface area contributed by atoms with Crippen LogP contribution < -0.4 is 5.32 Å². The minimum absolute atomic E-state index is 0.0970. The van der Waals surface area contributed by atoms with E-state index in [4.69, 9.17) is 16.3 Å². The molecule has 5 heteroatoms. The molecule has 0 radical (unpaired) electrons. The molecule has 0 aliphatic carbocycles. The topological polar surface area (TPSA) is 21.3 Å². The number of methoxy groups -OCH3 is 1. The molecule has 0 fully saturated rings. The smallest absolute Gasteiger partial charge is 0.127 e. The minimum atomic E-state index is -0.214. The Balaban J connectivity index is 2.39. The number of ether oxygens (including phenoxy) is 1. The molecule has 1 aromatic rings. The summed E-state index contributed by atoms with van der Waals surface area (Å²) < 4.78 is 19.1. The number of hydrogen-bond acceptors (Lipinski definition) is 2. The molecule has 0 spiro atoms. The second kappa shape index (κ2) is 7.22. The standard InChI is InChI=1S/C11H14BrClFNO/c1-16-7-10(13)6-15-5-8-4-9(12)2-3-11(8)14/h2-4,10,15H,5-7H2,1H3. The fourth-order valence-corrected chi connectivity index (χ4v) is 1.93. The average molecular weight is 311 g/mol. The average Bonchev–Trinajstić information content (AvgIpc) is 2.23. The third-order valence-electron chi connectivity index (χ3n) is 2.04. The second-order valence-corrected chi connectivity index (χ2v) is 4.95. The Hall–Kier alpha value is -0.160. The van der Waals surface area contributed by atoms with Gasteiger partial charge in [-0.25, -0.2) is 4.39 Å². The first-order chi connectivity index (χ1) is 7.63. The molecule has 0 aliphatic rings. The Kier molecular flexibility index (Phi) is 6.28. The highest BCUT2D eigenvalue weighted by atomic mass is 79.9. The molecule has 16 heavy (non-hydrogen) atoms. The zero-order valence-corrected chi connectivity index (χ0v) is 11.3. The fraction of sp³-hybridized carbons (Fsp3) is 0.455. The molecule has 0 aliphatic heterocycles. The number of alkyl halides is 1. The van der Waals surface area contributed by atoms with Crippen LogP contribution in [-0.2, 0) is 11.3 Å². The van der Waals surface area contributed by atoms with E-state index in [0.29, 0.717) is 25.3 Å². The van der Waals surface area contributed by atoms with Crippen LogP contribution in [0.1, 0.15) is 5.56 Å².